The van der Waals surface area contributed by atoms with Crippen molar-refractivity contribution in [2.24, 2.45) is 0 Å². The number of hydrogen-bond acceptors (Lipinski definition) is 8. The molecule has 0 fully saturated rings. The molecule has 4 unspecified atom stereocenters. The van der Waals surface area contributed by atoms with Crippen molar-refractivity contribution in [2.75, 3.05) is 6.61 Å². The molecule has 0 amide bonds. The van der Waals surface area contributed by atoms with E-state index in [-0.39, 0.29) is 0 Å². The van der Waals surface area contributed by atoms with Crippen molar-refractivity contribution in [3.63, 3.8) is 0 Å². The first-order valence-corrected chi connectivity index (χ1v) is 4.19. The van der Waals surface area contributed by atoms with Crippen LogP contribution < -0.4 is 0 Å². The SMILES string of the molecule is O=C(O)OC(O)(C(=O)O)C(O)C(O)C(O)CO. The van der Waals surface area contributed by atoms with Crippen LogP contribution in [0.5, 0.6) is 0 Å². The van der Waals surface area contributed by atoms with E-state index in [2.05, 4.69) is 4.74 Å². The highest BCUT2D eigenvalue weighted by atomic mass is 16.7. The molecular weight excluding hydrogens is 244 g/mol. The van der Waals surface area contributed by atoms with Gasteiger partial charge in [-0.3, -0.25) is 0 Å². The Morgan fingerprint density at radius 2 is 1.65 bits per heavy atom. The summed E-state index contributed by atoms with van der Waals surface area (Å²) in [6, 6.07) is 0. The van der Waals surface area contributed by atoms with Crippen LogP contribution in [0, 0.1) is 0 Å². The number of aliphatic hydroxyl groups excluding tert-OH is 4. The molecule has 4 atom stereocenters. The predicted octanol–water partition coefficient (Wildman–Crippen LogP) is -3.47. The summed E-state index contributed by atoms with van der Waals surface area (Å²) >= 11 is 0. The molecule has 7 N–H and O–H groups in total. The van der Waals surface area contributed by atoms with Gasteiger partial charge in [-0.05, 0) is 0 Å². The number of aliphatic hydroxyl groups is 5. The molecule has 10 heteroatoms. The second-order valence-corrected chi connectivity index (χ2v) is 3.05. The predicted molar refractivity (Wildman–Crippen MR) is 46.8 cm³/mol. The third-order valence-electron chi connectivity index (χ3n) is 1.86. The van der Waals surface area contributed by atoms with Crippen molar-refractivity contribution in [3.8, 4) is 0 Å². The summed E-state index contributed by atoms with van der Waals surface area (Å²) in [4.78, 5) is 20.7. The maximum atomic E-state index is 10.6. The van der Waals surface area contributed by atoms with E-state index in [1.807, 2.05) is 0 Å². The van der Waals surface area contributed by atoms with Gasteiger partial charge in [0.15, 0.2) is 6.10 Å². The van der Waals surface area contributed by atoms with Crippen molar-refractivity contribution in [2.45, 2.75) is 24.1 Å². The molecule has 0 aliphatic carbocycles. The van der Waals surface area contributed by atoms with E-state index in [1.54, 1.807) is 0 Å². The van der Waals surface area contributed by atoms with Crippen LogP contribution >= 0.6 is 0 Å². The van der Waals surface area contributed by atoms with E-state index in [0.29, 0.717) is 0 Å². The lowest BCUT2D eigenvalue weighted by Crippen LogP contribution is -2.60. The normalized spacial score (nSPS) is 19.8. The maximum Gasteiger partial charge on any atom is 0.508 e. The second-order valence-electron chi connectivity index (χ2n) is 3.05. The zero-order chi connectivity index (χ0) is 13.8. The van der Waals surface area contributed by atoms with Crippen LogP contribution in [0.2, 0.25) is 0 Å². The third kappa shape index (κ3) is 3.51. The molecule has 0 saturated carbocycles. The number of carbonyl (C=O) groups is 2. The van der Waals surface area contributed by atoms with E-state index < -0.39 is 42.8 Å². The Balaban J connectivity index is 5.06. The van der Waals surface area contributed by atoms with Gasteiger partial charge in [0.25, 0.3) is 0 Å². The molecule has 17 heavy (non-hydrogen) atoms. The standard InChI is InChI=1S/C7H12O10/c8-1-2(9)3(10)4(11)7(16,5(12)13)17-6(14)15/h2-4,8-11,16H,1H2,(H,12,13)(H,14,15). The number of carboxylic acid groups (broad SMARTS) is 2. The monoisotopic (exact) mass is 256 g/mol. The smallest absolute Gasteiger partial charge is 0.476 e. The van der Waals surface area contributed by atoms with Gasteiger partial charge in [-0.2, -0.15) is 0 Å². The number of rotatable bonds is 6. The summed E-state index contributed by atoms with van der Waals surface area (Å²) in [6.07, 6.45) is -9.24. The first-order valence-electron chi connectivity index (χ1n) is 4.19. The van der Waals surface area contributed by atoms with E-state index in [0.717, 1.165) is 0 Å². The van der Waals surface area contributed by atoms with Crippen molar-refractivity contribution in [1.82, 2.24) is 0 Å². The molecule has 0 bridgehead atoms. The minimum Gasteiger partial charge on any atom is -0.476 e. The molecule has 0 aromatic heterocycles. The Bertz CT molecular complexity index is 290. The van der Waals surface area contributed by atoms with Crippen LogP contribution in [0.4, 0.5) is 4.79 Å². The lowest BCUT2D eigenvalue weighted by molar-refractivity contribution is -0.261. The van der Waals surface area contributed by atoms with Crippen molar-refractivity contribution < 1.29 is 50.1 Å². The minimum absolute atomic E-state index is 1.05. The molecule has 10 nitrogen and oxygen atoms in total. The fourth-order valence-electron chi connectivity index (χ4n) is 0.914. The Morgan fingerprint density at radius 1 is 1.18 bits per heavy atom. The molecule has 0 saturated heterocycles. The molecule has 0 radical (unpaired) electrons. The molecule has 0 spiro atoms. The molecular formula is C7H12O10. The van der Waals surface area contributed by atoms with Crippen LogP contribution in [0.1, 0.15) is 0 Å². The summed E-state index contributed by atoms with van der Waals surface area (Å²) < 4.78 is 3.55. The largest absolute Gasteiger partial charge is 0.508 e. The fraction of sp³-hybridized carbons (Fsp3) is 0.714. The number of hydrogen-bond donors (Lipinski definition) is 7. The molecule has 100 valence electrons. The lowest BCUT2D eigenvalue weighted by atomic mass is 10.0. The Morgan fingerprint density at radius 3 is 1.94 bits per heavy atom. The van der Waals surface area contributed by atoms with Gasteiger partial charge in [0, 0.05) is 0 Å². The summed E-state index contributed by atoms with van der Waals surface area (Å²) in [7, 11) is 0. The van der Waals surface area contributed by atoms with Crippen LogP contribution in [0.15, 0.2) is 0 Å². The fourth-order valence-corrected chi connectivity index (χ4v) is 0.914. The summed E-state index contributed by atoms with van der Waals surface area (Å²) in [6.45, 7) is -1.05. The highest BCUT2D eigenvalue weighted by Gasteiger charge is 2.52. The van der Waals surface area contributed by atoms with Crippen molar-refractivity contribution in [1.29, 1.82) is 0 Å². The highest BCUT2D eigenvalue weighted by molar-refractivity contribution is 5.78. The Kier molecular flexibility index (Phi) is 5.25. The van der Waals surface area contributed by atoms with Crippen LogP contribution in [-0.2, 0) is 9.53 Å². The van der Waals surface area contributed by atoms with E-state index in [9.17, 15) is 19.8 Å². The lowest BCUT2D eigenvalue weighted by Gasteiger charge is -2.31. The van der Waals surface area contributed by atoms with Gasteiger partial charge in [0.1, 0.15) is 12.2 Å². The van der Waals surface area contributed by atoms with Crippen LogP contribution in [0.3, 0.4) is 0 Å². The molecule has 0 rings (SSSR count). The van der Waals surface area contributed by atoms with Gasteiger partial charge >= 0.3 is 17.9 Å². The number of carboxylic acids is 1. The van der Waals surface area contributed by atoms with Gasteiger partial charge in [0.2, 0.25) is 0 Å². The van der Waals surface area contributed by atoms with E-state index >= 15 is 0 Å². The zero-order valence-corrected chi connectivity index (χ0v) is 8.29. The third-order valence-corrected chi connectivity index (χ3v) is 1.86. The first kappa shape index (κ1) is 15.5. The average molecular weight is 256 g/mol. The Labute approximate surface area is 93.9 Å². The summed E-state index contributed by atoms with van der Waals surface area (Å²) in [5.74, 6) is -5.96. The minimum atomic E-state index is -3.67. The number of ether oxygens (including phenoxy) is 1. The van der Waals surface area contributed by atoms with Gasteiger partial charge in [-0.1, -0.05) is 0 Å². The quantitative estimate of drug-likeness (QED) is 0.186. The summed E-state index contributed by atoms with van der Waals surface area (Å²) in [5, 5.41) is 61.6. The molecule has 0 aromatic rings. The van der Waals surface area contributed by atoms with E-state index in [4.69, 9.17) is 25.5 Å². The van der Waals surface area contributed by atoms with Gasteiger partial charge in [-0.25, -0.2) is 9.59 Å². The Hall–Kier alpha value is -1.46. The van der Waals surface area contributed by atoms with Gasteiger partial charge in [0.05, 0.1) is 6.61 Å². The molecule has 0 aliphatic heterocycles. The molecule has 0 aromatic carbocycles. The zero-order valence-electron chi connectivity index (χ0n) is 8.29. The van der Waals surface area contributed by atoms with Crippen LogP contribution in [0.25, 0.3) is 0 Å². The highest BCUT2D eigenvalue weighted by Crippen LogP contribution is 2.18. The average Bonchev–Trinajstić information content (AvgIpc) is 2.24. The van der Waals surface area contributed by atoms with Crippen LogP contribution in [-0.4, -0.2) is 78.6 Å². The molecule has 0 aliphatic rings. The first-order chi connectivity index (χ1) is 7.66. The number of aliphatic carboxylic acids is 1. The molecule has 0 heterocycles. The van der Waals surface area contributed by atoms with Crippen molar-refractivity contribution >= 4 is 12.1 Å². The van der Waals surface area contributed by atoms with E-state index in [1.165, 1.54) is 0 Å². The second kappa shape index (κ2) is 5.75. The van der Waals surface area contributed by atoms with Gasteiger partial charge in [-0.15, -0.1) is 0 Å². The topological polar surface area (TPSA) is 185 Å². The van der Waals surface area contributed by atoms with Crippen molar-refractivity contribution in [3.05, 3.63) is 0 Å². The summed E-state index contributed by atoms with van der Waals surface area (Å²) in [5.41, 5.74) is 0. The van der Waals surface area contributed by atoms with Gasteiger partial charge < -0.3 is 40.5 Å². The maximum absolute atomic E-state index is 10.6.